The number of nitrogens with zero attached hydrogens (tertiary/aromatic N) is 1. The molecule has 0 spiro atoms. The van der Waals surface area contributed by atoms with Gasteiger partial charge in [0.15, 0.2) is 0 Å². The highest BCUT2D eigenvalue weighted by atomic mass is 16.5. The van der Waals surface area contributed by atoms with Gasteiger partial charge < -0.3 is 10.1 Å². The number of hydrogen-bond donors (Lipinski definition) is 1. The highest BCUT2D eigenvalue weighted by molar-refractivity contribution is 5.40. The van der Waals surface area contributed by atoms with Gasteiger partial charge in [-0.2, -0.15) is 0 Å². The first-order valence-electron chi connectivity index (χ1n) is 7.42. The normalized spacial score (nSPS) is 27.7. The lowest BCUT2D eigenvalue weighted by atomic mass is 10.1. The van der Waals surface area contributed by atoms with E-state index in [-0.39, 0.29) is 0 Å². The van der Waals surface area contributed by atoms with Gasteiger partial charge in [-0.3, -0.25) is 4.90 Å². The summed E-state index contributed by atoms with van der Waals surface area (Å²) in [5, 5.41) is 3.54. The Kier molecular flexibility index (Phi) is 3.76. The quantitative estimate of drug-likeness (QED) is 0.880. The number of ether oxygens (including phenoxy) is 1. The molecule has 1 fully saturated rings. The van der Waals surface area contributed by atoms with Crippen molar-refractivity contribution in [2.75, 3.05) is 26.2 Å². The van der Waals surface area contributed by atoms with Gasteiger partial charge in [-0.05, 0) is 45.0 Å². The van der Waals surface area contributed by atoms with E-state index in [0.29, 0.717) is 12.1 Å². The maximum Gasteiger partial charge on any atom is 0.123 e. The average molecular weight is 260 g/mol. The number of hydrogen-bond acceptors (Lipinski definition) is 3. The largest absolute Gasteiger partial charge is 0.488 e. The van der Waals surface area contributed by atoms with Gasteiger partial charge in [0.2, 0.25) is 0 Å². The van der Waals surface area contributed by atoms with Gasteiger partial charge in [0.1, 0.15) is 11.9 Å². The highest BCUT2D eigenvalue weighted by Gasteiger charge is 2.26. The lowest BCUT2D eigenvalue weighted by Gasteiger charge is -2.25. The topological polar surface area (TPSA) is 24.5 Å². The van der Waals surface area contributed by atoms with Gasteiger partial charge in [-0.1, -0.05) is 17.7 Å². The van der Waals surface area contributed by atoms with Crippen LogP contribution in [0.25, 0.3) is 0 Å². The van der Waals surface area contributed by atoms with Crippen LogP contribution in [0.1, 0.15) is 24.5 Å². The number of rotatable bonds is 2. The molecule has 2 heterocycles. The maximum atomic E-state index is 6.08. The summed E-state index contributed by atoms with van der Waals surface area (Å²) in [4.78, 5) is 2.55. The second kappa shape index (κ2) is 5.51. The first-order valence-corrected chi connectivity index (χ1v) is 7.42. The molecule has 1 aromatic rings. The predicted molar refractivity (Wildman–Crippen MR) is 77.8 cm³/mol. The van der Waals surface area contributed by atoms with Crippen LogP contribution >= 0.6 is 0 Å². The maximum absolute atomic E-state index is 6.08. The zero-order valence-electron chi connectivity index (χ0n) is 12.0. The van der Waals surface area contributed by atoms with E-state index in [0.717, 1.165) is 31.8 Å². The molecule has 1 aromatic carbocycles. The molecule has 2 atom stereocenters. The van der Waals surface area contributed by atoms with Gasteiger partial charge in [-0.25, -0.2) is 0 Å². The Morgan fingerprint density at radius 2 is 2.32 bits per heavy atom. The second-order valence-corrected chi connectivity index (χ2v) is 6.02. The predicted octanol–water partition coefficient (Wildman–Crippen LogP) is 1.98. The Bertz CT molecular complexity index is 446. The van der Waals surface area contributed by atoms with Crippen LogP contribution < -0.4 is 10.1 Å². The molecule has 3 heteroatoms. The van der Waals surface area contributed by atoms with Gasteiger partial charge in [-0.15, -0.1) is 0 Å². The molecule has 1 N–H and O–H groups in total. The Balaban J connectivity index is 1.60. The molecule has 0 radical (unpaired) electrons. The van der Waals surface area contributed by atoms with Crippen LogP contribution in [0, 0.1) is 6.92 Å². The third-order valence-electron chi connectivity index (χ3n) is 4.10. The molecule has 104 valence electrons. The van der Waals surface area contributed by atoms with Crippen LogP contribution in [0.15, 0.2) is 18.2 Å². The molecule has 19 heavy (non-hydrogen) atoms. The number of nitrogens with one attached hydrogen (secondary N) is 1. The van der Waals surface area contributed by atoms with Crippen molar-refractivity contribution in [3.63, 3.8) is 0 Å². The number of benzene rings is 1. The summed E-state index contributed by atoms with van der Waals surface area (Å²) >= 11 is 0. The van der Waals surface area contributed by atoms with Crippen LogP contribution in [0.2, 0.25) is 0 Å². The standard InChI is InChI=1S/C16H24N2O/c1-12-4-5-16-14(8-12)9-15(19-16)11-18-7-3-6-17-13(2)10-18/h4-5,8,13,15,17H,3,6-7,9-11H2,1-2H3. The van der Waals surface area contributed by atoms with Crippen molar-refractivity contribution in [2.45, 2.75) is 38.8 Å². The van der Waals surface area contributed by atoms with Crippen molar-refractivity contribution in [3.8, 4) is 5.75 Å². The minimum Gasteiger partial charge on any atom is -0.488 e. The summed E-state index contributed by atoms with van der Waals surface area (Å²) < 4.78 is 6.08. The van der Waals surface area contributed by atoms with Crippen molar-refractivity contribution in [1.82, 2.24) is 10.2 Å². The fourth-order valence-corrected chi connectivity index (χ4v) is 3.20. The summed E-state index contributed by atoms with van der Waals surface area (Å²) in [7, 11) is 0. The zero-order chi connectivity index (χ0) is 13.2. The third-order valence-corrected chi connectivity index (χ3v) is 4.10. The Hall–Kier alpha value is -1.06. The van der Waals surface area contributed by atoms with E-state index in [1.54, 1.807) is 0 Å². The van der Waals surface area contributed by atoms with Crippen LogP contribution in [-0.2, 0) is 6.42 Å². The van der Waals surface area contributed by atoms with E-state index in [2.05, 4.69) is 42.3 Å². The summed E-state index contributed by atoms with van der Waals surface area (Å²) in [6.45, 7) is 8.94. The van der Waals surface area contributed by atoms with Gasteiger partial charge in [0.05, 0.1) is 0 Å². The van der Waals surface area contributed by atoms with Crippen molar-refractivity contribution in [1.29, 1.82) is 0 Å². The monoisotopic (exact) mass is 260 g/mol. The lowest BCUT2D eigenvalue weighted by molar-refractivity contribution is 0.150. The van der Waals surface area contributed by atoms with Crippen LogP contribution in [-0.4, -0.2) is 43.2 Å². The first kappa shape index (κ1) is 12.9. The molecule has 0 aromatic heterocycles. The average Bonchev–Trinajstić information content (AvgIpc) is 2.63. The minimum absolute atomic E-state index is 0.335. The number of aryl methyl sites for hydroxylation is 1. The minimum atomic E-state index is 0.335. The third kappa shape index (κ3) is 3.10. The molecule has 2 aliphatic heterocycles. The van der Waals surface area contributed by atoms with E-state index < -0.39 is 0 Å². The van der Waals surface area contributed by atoms with E-state index >= 15 is 0 Å². The molecule has 3 nitrogen and oxygen atoms in total. The fourth-order valence-electron chi connectivity index (χ4n) is 3.20. The van der Waals surface area contributed by atoms with Crippen LogP contribution in [0.3, 0.4) is 0 Å². The molecule has 2 unspecified atom stereocenters. The van der Waals surface area contributed by atoms with Crippen molar-refractivity contribution >= 4 is 0 Å². The zero-order valence-corrected chi connectivity index (χ0v) is 12.0. The number of fused-ring (bicyclic) bond motifs is 1. The van der Waals surface area contributed by atoms with Crippen molar-refractivity contribution in [2.24, 2.45) is 0 Å². The van der Waals surface area contributed by atoms with Crippen LogP contribution in [0.4, 0.5) is 0 Å². The van der Waals surface area contributed by atoms with E-state index in [4.69, 9.17) is 4.74 Å². The highest BCUT2D eigenvalue weighted by Crippen LogP contribution is 2.29. The van der Waals surface area contributed by atoms with Crippen LogP contribution in [0.5, 0.6) is 5.75 Å². The molecule has 0 bridgehead atoms. The summed E-state index contributed by atoms with van der Waals surface area (Å²) in [5.74, 6) is 1.09. The molecule has 2 aliphatic rings. The van der Waals surface area contributed by atoms with E-state index in [1.165, 1.54) is 24.1 Å². The second-order valence-electron chi connectivity index (χ2n) is 6.02. The Morgan fingerprint density at radius 3 is 3.21 bits per heavy atom. The van der Waals surface area contributed by atoms with Gasteiger partial charge in [0.25, 0.3) is 0 Å². The fraction of sp³-hybridized carbons (Fsp3) is 0.625. The van der Waals surface area contributed by atoms with Crippen molar-refractivity contribution < 1.29 is 4.74 Å². The van der Waals surface area contributed by atoms with Gasteiger partial charge >= 0.3 is 0 Å². The molecular formula is C16H24N2O. The Morgan fingerprint density at radius 1 is 1.42 bits per heavy atom. The molecule has 1 saturated heterocycles. The van der Waals surface area contributed by atoms with E-state index in [9.17, 15) is 0 Å². The molecule has 0 aliphatic carbocycles. The Labute approximate surface area is 115 Å². The lowest BCUT2D eigenvalue weighted by Crippen LogP contribution is -2.40. The molecular weight excluding hydrogens is 236 g/mol. The summed E-state index contributed by atoms with van der Waals surface area (Å²) in [5.41, 5.74) is 2.71. The molecule has 0 saturated carbocycles. The summed E-state index contributed by atoms with van der Waals surface area (Å²) in [6, 6.07) is 7.12. The molecule has 0 amide bonds. The SMILES string of the molecule is Cc1ccc2c(c1)CC(CN1CCCNC(C)C1)O2. The summed E-state index contributed by atoms with van der Waals surface area (Å²) in [6.07, 6.45) is 2.64. The smallest absolute Gasteiger partial charge is 0.123 e. The van der Waals surface area contributed by atoms with Crippen molar-refractivity contribution in [3.05, 3.63) is 29.3 Å². The first-order chi connectivity index (χ1) is 9.20. The molecule has 3 rings (SSSR count). The van der Waals surface area contributed by atoms with Gasteiger partial charge in [0, 0.05) is 25.6 Å². The van der Waals surface area contributed by atoms with E-state index in [1.807, 2.05) is 0 Å².